The van der Waals surface area contributed by atoms with Gasteiger partial charge in [0, 0.05) is 44.4 Å². The molecule has 2 aliphatic heterocycles. The second kappa shape index (κ2) is 12.1. The van der Waals surface area contributed by atoms with Gasteiger partial charge in [0.1, 0.15) is 11.6 Å². The molecular weight excluding hydrogens is 629 g/mol. The number of aromatic nitrogens is 1. The number of alkyl halides is 6. The van der Waals surface area contributed by atoms with Crippen molar-refractivity contribution < 1.29 is 40.3 Å². The molecule has 45 heavy (non-hydrogen) atoms. The first-order valence-electron chi connectivity index (χ1n) is 14.1. The van der Waals surface area contributed by atoms with Gasteiger partial charge in [0.05, 0.1) is 52.7 Å². The summed E-state index contributed by atoms with van der Waals surface area (Å²) in [7, 11) is 1.35. The fourth-order valence-corrected chi connectivity index (χ4v) is 5.99. The van der Waals surface area contributed by atoms with Crippen molar-refractivity contribution in [2.45, 2.75) is 37.7 Å². The van der Waals surface area contributed by atoms with E-state index in [4.69, 9.17) is 16.3 Å². The molecule has 3 heterocycles. The van der Waals surface area contributed by atoms with Crippen LogP contribution in [0, 0.1) is 5.82 Å². The second-order valence-corrected chi connectivity index (χ2v) is 12.1. The van der Waals surface area contributed by atoms with Crippen LogP contribution in [0.3, 0.4) is 0 Å². The fraction of sp³-hybridized carbons (Fsp3) is 0.419. The van der Waals surface area contributed by atoms with E-state index in [1.54, 1.807) is 6.07 Å². The van der Waals surface area contributed by atoms with E-state index in [0.29, 0.717) is 55.4 Å². The number of ether oxygens (including phenoxy) is 1. The predicted molar refractivity (Wildman–Crippen MR) is 156 cm³/mol. The van der Waals surface area contributed by atoms with Crippen LogP contribution in [-0.2, 0) is 27.3 Å². The Balaban J connectivity index is 1.56. The summed E-state index contributed by atoms with van der Waals surface area (Å²) in [6.45, 7) is 6.57. The Morgan fingerprint density at radius 3 is 2.20 bits per heavy atom. The molecule has 1 aromatic heterocycles. The van der Waals surface area contributed by atoms with E-state index >= 15 is 0 Å². The SMILES string of the molecule is CN(C(=O)C(C)(C)c1cc(C(F)(F)F)cc(C(F)(F)F)c1)c1cnc(N2CCN3CCOCC3C2)cc1-c1ccc(F)cc1Cl. The molecule has 0 saturated carbocycles. The quantitative estimate of drug-likeness (QED) is 0.276. The third kappa shape index (κ3) is 6.75. The molecule has 1 atom stereocenters. The molecule has 0 N–H and O–H groups in total. The molecule has 2 aromatic carbocycles. The molecule has 0 bridgehead atoms. The highest BCUT2D eigenvalue weighted by Gasteiger charge is 2.41. The smallest absolute Gasteiger partial charge is 0.378 e. The third-order valence-electron chi connectivity index (χ3n) is 8.36. The molecule has 2 aliphatic rings. The van der Waals surface area contributed by atoms with Crippen molar-refractivity contribution in [3.8, 4) is 11.1 Å². The number of anilines is 2. The van der Waals surface area contributed by atoms with E-state index in [0.717, 1.165) is 24.1 Å². The van der Waals surface area contributed by atoms with E-state index in [2.05, 4.69) is 9.88 Å². The average Bonchev–Trinajstić information content (AvgIpc) is 2.98. The molecular formula is C31H30ClF7N4O2. The lowest BCUT2D eigenvalue weighted by molar-refractivity contribution is -0.143. The van der Waals surface area contributed by atoms with Crippen LogP contribution in [0.15, 0.2) is 48.7 Å². The zero-order valence-electron chi connectivity index (χ0n) is 24.6. The van der Waals surface area contributed by atoms with E-state index < -0.39 is 46.2 Å². The Kier molecular flexibility index (Phi) is 8.84. The van der Waals surface area contributed by atoms with Crippen LogP contribution in [0.4, 0.5) is 42.2 Å². The summed E-state index contributed by atoms with van der Waals surface area (Å²) in [6.07, 6.45) is -8.76. The number of hydrogen-bond acceptors (Lipinski definition) is 5. The standard InChI is InChI=1S/C31H30ClF7N4O2/c1-29(2,18-10-19(30(34,35)36)12-20(11-18)31(37,38)39)28(44)41(3)26-15-40-27(14-24(26)23-5-4-21(33)13-25(23)32)43-7-6-42-8-9-45-17-22(42)16-43/h4-5,10-15,22H,6-9,16-17H2,1-3H3. The molecule has 0 radical (unpaired) electrons. The van der Waals surface area contributed by atoms with Gasteiger partial charge in [-0.15, -0.1) is 0 Å². The van der Waals surface area contributed by atoms with Gasteiger partial charge in [-0.25, -0.2) is 9.37 Å². The Hall–Kier alpha value is -3.42. The minimum absolute atomic E-state index is 0.0182. The maximum Gasteiger partial charge on any atom is 0.416 e. The largest absolute Gasteiger partial charge is 0.416 e. The van der Waals surface area contributed by atoms with Crippen molar-refractivity contribution in [3.05, 3.63) is 76.2 Å². The first-order valence-corrected chi connectivity index (χ1v) is 14.4. The molecule has 5 rings (SSSR count). The highest BCUT2D eigenvalue weighted by atomic mass is 35.5. The summed E-state index contributed by atoms with van der Waals surface area (Å²) in [6, 6.07) is 6.68. The zero-order valence-corrected chi connectivity index (χ0v) is 25.3. The molecule has 2 fully saturated rings. The summed E-state index contributed by atoms with van der Waals surface area (Å²) in [5, 5.41) is 0.0340. The van der Waals surface area contributed by atoms with Gasteiger partial charge in [0.2, 0.25) is 5.91 Å². The van der Waals surface area contributed by atoms with Crippen LogP contribution in [0.1, 0.15) is 30.5 Å². The van der Waals surface area contributed by atoms with Gasteiger partial charge in [0.25, 0.3) is 0 Å². The molecule has 14 heteroatoms. The molecule has 2 saturated heterocycles. The van der Waals surface area contributed by atoms with Crippen molar-refractivity contribution in [1.29, 1.82) is 0 Å². The Morgan fingerprint density at radius 2 is 1.58 bits per heavy atom. The summed E-state index contributed by atoms with van der Waals surface area (Å²) in [5.74, 6) is -0.854. The monoisotopic (exact) mass is 658 g/mol. The van der Waals surface area contributed by atoms with E-state index in [1.165, 1.54) is 39.2 Å². The van der Waals surface area contributed by atoms with E-state index in [9.17, 15) is 35.5 Å². The van der Waals surface area contributed by atoms with Crippen molar-refractivity contribution in [3.63, 3.8) is 0 Å². The zero-order chi connectivity index (χ0) is 32.9. The minimum Gasteiger partial charge on any atom is -0.378 e. The van der Waals surface area contributed by atoms with Crippen molar-refractivity contribution in [1.82, 2.24) is 9.88 Å². The van der Waals surface area contributed by atoms with Gasteiger partial charge in [-0.05, 0) is 61.9 Å². The van der Waals surface area contributed by atoms with Gasteiger partial charge in [-0.2, -0.15) is 26.3 Å². The average molecular weight is 659 g/mol. The van der Waals surface area contributed by atoms with Gasteiger partial charge in [0.15, 0.2) is 0 Å². The second-order valence-electron chi connectivity index (χ2n) is 11.7. The number of piperazine rings is 1. The number of carbonyl (C=O) groups is 1. The van der Waals surface area contributed by atoms with Gasteiger partial charge < -0.3 is 14.5 Å². The number of halogens is 8. The maximum atomic E-state index is 14.0. The number of rotatable bonds is 5. The number of nitrogens with zero attached hydrogens (tertiary/aromatic N) is 4. The van der Waals surface area contributed by atoms with Gasteiger partial charge in [-0.1, -0.05) is 11.6 Å². The molecule has 0 aliphatic carbocycles. The van der Waals surface area contributed by atoms with Crippen molar-refractivity contribution in [2.24, 2.45) is 0 Å². The van der Waals surface area contributed by atoms with Crippen LogP contribution in [0.25, 0.3) is 11.1 Å². The molecule has 6 nitrogen and oxygen atoms in total. The summed E-state index contributed by atoms with van der Waals surface area (Å²) < 4.78 is 101. The number of likely N-dealkylation sites (N-methyl/N-ethyl adjacent to an activating group) is 1. The lowest BCUT2D eigenvalue weighted by atomic mass is 9.81. The summed E-state index contributed by atoms with van der Waals surface area (Å²) >= 11 is 6.44. The van der Waals surface area contributed by atoms with E-state index in [1.807, 2.05) is 4.90 Å². The Labute approximate surface area is 260 Å². The van der Waals surface area contributed by atoms with Crippen LogP contribution in [0.2, 0.25) is 5.02 Å². The molecule has 242 valence electrons. The normalized spacial score (nSPS) is 18.1. The molecule has 3 aromatic rings. The summed E-state index contributed by atoms with van der Waals surface area (Å²) in [4.78, 5) is 24.0. The Bertz CT molecular complexity index is 1560. The van der Waals surface area contributed by atoms with Crippen LogP contribution < -0.4 is 9.80 Å². The van der Waals surface area contributed by atoms with Crippen molar-refractivity contribution >= 4 is 29.0 Å². The topological polar surface area (TPSA) is 48.9 Å². The van der Waals surface area contributed by atoms with Crippen molar-refractivity contribution in [2.75, 3.05) is 56.2 Å². The molecule has 1 amide bonds. The Morgan fingerprint density at radius 1 is 0.933 bits per heavy atom. The number of pyridine rings is 1. The number of hydrogen-bond donors (Lipinski definition) is 0. The number of carbonyl (C=O) groups excluding carboxylic acids is 1. The lowest BCUT2D eigenvalue weighted by Gasteiger charge is -2.44. The minimum atomic E-state index is -5.08. The van der Waals surface area contributed by atoms with Crippen LogP contribution in [0.5, 0.6) is 0 Å². The van der Waals surface area contributed by atoms with E-state index in [-0.39, 0.29) is 22.8 Å². The van der Waals surface area contributed by atoms with Crippen LogP contribution in [-0.4, -0.2) is 68.3 Å². The lowest BCUT2D eigenvalue weighted by Crippen LogP contribution is -2.58. The molecule has 1 unspecified atom stereocenters. The maximum absolute atomic E-state index is 14.0. The van der Waals surface area contributed by atoms with Gasteiger partial charge in [-0.3, -0.25) is 9.69 Å². The first-order chi connectivity index (χ1) is 21.0. The number of fused-ring (bicyclic) bond motifs is 1. The number of benzene rings is 2. The third-order valence-corrected chi connectivity index (χ3v) is 8.67. The van der Waals surface area contributed by atoms with Crippen LogP contribution >= 0.6 is 11.6 Å². The highest BCUT2D eigenvalue weighted by Crippen LogP contribution is 2.42. The number of morpholine rings is 1. The first kappa shape index (κ1) is 33.0. The fourth-order valence-electron chi connectivity index (χ4n) is 5.72. The highest BCUT2D eigenvalue weighted by molar-refractivity contribution is 6.33. The van der Waals surface area contributed by atoms with Gasteiger partial charge >= 0.3 is 12.4 Å². The molecule has 0 spiro atoms. The predicted octanol–water partition coefficient (Wildman–Crippen LogP) is 7.04. The number of amides is 1. The summed E-state index contributed by atoms with van der Waals surface area (Å²) in [5.41, 5.74) is -4.47.